The van der Waals surface area contributed by atoms with Crippen molar-refractivity contribution in [3.63, 3.8) is 0 Å². The van der Waals surface area contributed by atoms with Crippen LogP contribution < -0.4 is 5.01 Å². The first kappa shape index (κ1) is 25.1. The Bertz CT molecular complexity index is 1190. The van der Waals surface area contributed by atoms with Crippen molar-refractivity contribution in [1.82, 2.24) is 14.7 Å². The Labute approximate surface area is 215 Å². The zero-order valence-corrected chi connectivity index (χ0v) is 20.5. The van der Waals surface area contributed by atoms with Crippen molar-refractivity contribution < 1.29 is 18.7 Å². The van der Waals surface area contributed by atoms with Crippen LogP contribution in [0.2, 0.25) is 0 Å². The highest BCUT2D eigenvalue weighted by molar-refractivity contribution is 5.77. The van der Waals surface area contributed by atoms with Crippen LogP contribution in [0, 0.1) is 0 Å². The van der Waals surface area contributed by atoms with E-state index in [4.69, 9.17) is 0 Å². The number of amides is 1. The van der Waals surface area contributed by atoms with E-state index in [9.17, 15) is 18.7 Å². The summed E-state index contributed by atoms with van der Waals surface area (Å²) in [6.45, 7) is 0.674. The number of piperidine rings is 1. The van der Waals surface area contributed by atoms with Gasteiger partial charge in [0.25, 0.3) is 6.43 Å². The largest absolute Gasteiger partial charge is 0.390 e. The highest BCUT2D eigenvalue weighted by Gasteiger charge is 2.39. The van der Waals surface area contributed by atoms with Crippen LogP contribution in [0.1, 0.15) is 38.1 Å². The van der Waals surface area contributed by atoms with Gasteiger partial charge in [-0.1, -0.05) is 42.5 Å². The molecule has 1 saturated heterocycles. The molecule has 0 radical (unpaired) electrons. The number of anilines is 1. The maximum atomic E-state index is 13.5. The maximum Gasteiger partial charge on any atom is 0.261 e. The van der Waals surface area contributed by atoms with Crippen molar-refractivity contribution in [3.05, 3.63) is 73.1 Å². The fourth-order valence-electron chi connectivity index (χ4n) is 5.23. The number of likely N-dealkylation sites (tertiary alicyclic amines) is 1. The molecule has 2 atom stereocenters. The Morgan fingerprint density at radius 2 is 1.73 bits per heavy atom. The summed E-state index contributed by atoms with van der Waals surface area (Å²) in [7, 11) is 0. The molecule has 37 heavy (non-hydrogen) atoms. The van der Waals surface area contributed by atoms with Crippen LogP contribution in [-0.4, -0.2) is 63.1 Å². The Hall–Kier alpha value is -3.59. The summed E-state index contributed by atoms with van der Waals surface area (Å²) >= 11 is 0. The number of carbonyl (C=O) groups excluding carboxylic acids is 1. The fraction of sp³-hybridized carbons (Fsp3) is 0.393. The van der Waals surface area contributed by atoms with E-state index >= 15 is 0 Å². The quantitative estimate of drug-likeness (QED) is 0.477. The second-order valence-corrected chi connectivity index (χ2v) is 9.85. The van der Waals surface area contributed by atoms with Crippen LogP contribution in [0.3, 0.4) is 0 Å². The number of hydrogen-bond acceptors (Lipinski definition) is 5. The zero-order chi connectivity index (χ0) is 25.8. The zero-order valence-electron chi connectivity index (χ0n) is 20.5. The molecule has 0 bridgehead atoms. The number of rotatable bonds is 8. The second kappa shape index (κ2) is 10.8. The number of aromatic nitrogens is 2. The van der Waals surface area contributed by atoms with E-state index in [-0.39, 0.29) is 18.4 Å². The predicted molar refractivity (Wildman–Crippen MR) is 139 cm³/mol. The van der Waals surface area contributed by atoms with E-state index in [1.165, 1.54) is 12.4 Å². The van der Waals surface area contributed by atoms with E-state index < -0.39 is 18.1 Å². The minimum absolute atomic E-state index is 0.0119. The monoisotopic (exact) mass is 507 g/mol. The molecule has 9 heteroatoms. The number of nitrogens with zero attached hydrogens (tertiary/aromatic N) is 5. The van der Waals surface area contributed by atoms with E-state index in [0.717, 1.165) is 27.9 Å². The van der Waals surface area contributed by atoms with Crippen molar-refractivity contribution in [2.75, 3.05) is 18.1 Å². The van der Waals surface area contributed by atoms with E-state index in [1.54, 1.807) is 11.0 Å². The van der Waals surface area contributed by atoms with Gasteiger partial charge in [0.05, 0.1) is 23.8 Å². The second-order valence-electron chi connectivity index (χ2n) is 9.85. The number of alkyl halides is 2. The van der Waals surface area contributed by atoms with E-state index in [0.29, 0.717) is 32.4 Å². The number of aliphatic hydroxyl groups is 1. The molecule has 0 saturated carbocycles. The summed E-state index contributed by atoms with van der Waals surface area (Å²) in [6.07, 6.45) is 3.78. The molecule has 1 N–H and O–H groups in total. The number of benzene rings is 2. The Kier molecular flexibility index (Phi) is 7.32. The fourth-order valence-corrected chi connectivity index (χ4v) is 5.23. The molecule has 1 fully saturated rings. The Morgan fingerprint density at radius 1 is 1.03 bits per heavy atom. The van der Waals surface area contributed by atoms with Gasteiger partial charge in [-0.2, -0.15) is 10.2 Å². The maximum absolute atomic E-state index is 13.5. The van der Waals surface area contributed by atoms with Gasteiger partial charge in [-0.3, -0.25) is 14.5 Å². The standard InChI is InChI=1S/C28H31F2N5O2/c29-27(30)25(34-16-4-14-31-34)19-26(36)33-17-12-28(37,13-18-33)20-24-11-15-32-35(24)23-9-7-22(8-10-23)21-5-2-1-3-6-21/h1-10,14-16,24-25,27,37H,11-13,17-20H2. The van der Waals surface area contributed by atoms with Gasteiger partial charge in [0, 0.05) is 38.1 Å². The summed E-state index contributed by atoms with van der Waals surface area (Å²) < 4.78 is 28.2. The Morgan fingerprint density at radius 3 is 2.38 bits per heavy atom. The highest BCUT2D eigenvalue weighted by atomic mass is 19.3. The minimum atomic E-state index is -2.69. The molecule has 2 aromatic carbocycles. The first-order valence-electron chi connectivity index (χ1n) is 12.7. The van der Waals surface area contributed by atoms with Crippen LogP contribution in [0.4, 0.5) is 14.5 Å². The van der Waals surface area contributed by atoms with Crippen molar-refractivity contribution in [2.24, 2.45) is 5.10 Å². The number of carbonyl (C=O) groups is 1. The third kappa shape index (κ3) is 5.72. The van der Waals surface area contributed by atoms with Gasteiger partial charge < -0.3 is 10.0 Å². The molecule has 3 aromatic rings. The number of halogens is 2. The molecule has 7 nitrogen and oxygen atoms in total. The average molecular weight is 508 g/mol. The topological polar surface area (TPSA) is 74.0 Å². The third-order valence-corrected chi connectivity index (χ3v) is 7.37. The van der Waals surface area contributed by atoms with Crippen molar-refractivity contribution in [1.29, 1.82) is 0 Å². The van der Waals surface area contributed by atoms with Gasteiger partial charge in [0.1, 0.15) is 6.04 Å². The lowest BCUT2D eigenvalue weighted by Gasteiger charge is -2.41. The van der Waals surface area contributed by atoms with Crippen molar-refractivity contribution in [3.8, 4) is 11.1 Å². The van der Waals surface area contributed by atoms with Crippen LogP contribution in [0.15, 0.2) is 78.2 Å². The lowest BCUT2D eigenvalue weighted by atomic mass is 9.84. The van der Waals surface area contributed by atoms with Crippen molar-refractivity contribution in [2.45, 2.75) is 56.2 Å². The van der Waals surface area contributed by atoms with Gasteiger partial charge in [-0.25, -0.2) is 8.78 Å². The van der Waals surface area contributed by atoms with Crippen LogP contribution in [-0.2, 0) is 4.79 Å². The first-order chi connectivity index (χ1) is 17.9. The molecule has 5 rings (SSSR count). The van der Waals surface area contributed by atoms with Gasteiger partial charge in [0.15, 0.2) is 0 Å². The number of hydrogen-bond donors (Lipinski definition) is 1. The molecular formula is C28H31F2N5O2. The molecule has 1 amide bonds. The molecule has 1 aromatic heterocycles. The smallest absolute Gasteiger partial charge is 0.261 e. The molecule has 3 heterocycles. The minimum Gasteiger partial charge on any atom is -0.390 e. The molecule has 194 valence electrons. The van der Waals surface area contributed by atoms with Crippen molar-refractivity contribution >= 4 is 17.8 Å². The highest BCUT2D eigenvalue weighted by Crippen LogP contribution is 2.34. The first-order valence-corrected chi connectivity index (χ1v) is 12.7. The normalized spacial score (nSPS) is 19.9. The van der Waals surface area contributed by atoms with Gasteiger partial charge in [-0.05, 0) is 48.6 Å². The van der Waals surface area contributed by atoms with Crippen LogP contribution in [0.5, 0.6) is 0 Å². The summed E-state index contributed by atoms with van der Waals surface area (Å²) in [5.74, 6) is -0.341. The summed E-state index contributed by atoms with van der Waals surface area (Å²) in [6, 6.07) is 18.7. The van der Waals surface area contributed by atoms with Gasteiger partial charge in [-0.15, -0.1) is 0 Å². The lowest BCUT2D eigenvalue weighted by molar-refractivity contribution is -0.138. The van der Waals surface area contributed by atoms with Gasteiger partial charge >= 0.3 is 0 Å². The third-order valence-electron chi connectivity index (χ3n) is 7.37. The molecule has 2 aliphatic rings. The molecule has 2 unspecified atom stereocenters. The average Bonchev–Trinajstić information content (AvgIpc) is 3.60. The van der Waals surface area contributed by atoms with Gasteiger partial charge in [0.2, 0.25) is 5.91 Å². The van der Waals surface area contributed by atoms with Crippen LogP contribution in [0.25, 0.3) is 11.1 Å². The summed E-state index contributed by atoms with van der Waals surface area (Å²) in [5, 5.41) is 21.7. The molecule has 2 aliphatic heterocycles. The van der Waals surface area contributed by atoms with Crippen LogP contribution >= 0.6 is 0 Å². The SMILES string of the molecule is O=C(CC(C(F)F)n1cccn1)N1CCC(O)(CC2CC=NN2c2ccc(-c3ccccc3)cc2)CC1. The Balaban J connectivity index is 1.17. The number of hydrazone groups is 1. The van der Waals surface area contributed by atoms with E-state index in [1.807, 2.05) is 41.6 Å². The summed E-state index contributed by atoms with van der Waals surface area (Å²) in [5.41, 5.74) is 2.30. The molecule has 0 aliphatic carbocycles. The van der Waals surface area contributed by atoms with E-state index in [2.05, 4.69) is 34.5 Å². The molecule has 0 spiro atoms. The lowest BCUT2D eigenvalue weighted by Crippen LogP contribution is -2.49. The predicted octanol–water partition coefficient (Wildman–Crippen LogP) is 4.75. The summed E-state index contributed by atoms with van der Waals surface area (Å²) in [4.78, 5) is 14.4. The molecular weight excluding hydrogens is 476 g/mol.